The Balaban J connectivity index is 2.00. The summed E-state index contributed by atoms with van der Waals surface area (Å²) in [5.74, 6) is 1.93. The zero-order valence-electron chi connectivity index (χ0n) is 9.91. The number of thiophene rings is 1. The molecule has 6 heteroatoms. The summed E-state index contributed by atoms with van der Waals surface area (Å²) in [5.41, 5.74) is 11.5. The Labute approximate surface area is 110 Å². The van der Waals surface area contributed by atoms with Crippen molar-refractivity contribution in [3.63, 3.8) is 0 Å². The number of hydrazine groups is 2. The summed E-state index contributed by atoms with van der Waals surface area (Å²) in [6.45, 7) is 4.93. The van der Waals surface area contributed by atoms with Crippen molar-refractivity contribution < 1.29 is 0 Å². The number of hydrogen-bond donors (Lipinski definition) is 3. The molecule has 1 aromatic rings. The molecule has 0 aromatic carbocycles. The molecular weight excluding hydrogens is 252 g/mol. The van der Waals surface area contributed by atoms with E-state index in [0.29, 0.717) is 0 Å². The Bertz CT molecular complexity index is 437. The van der Waals surface area contributed by atoms with E-state index in [1.807, 2.05) is 13.0 Å². The summed E-state index contributed by atoms with van der Waals surface area (Å²) < 4.78 is 0. The minimum absolute atomic E-state index is 0.815. The Hall–Kier alpha value is -0.980. The molecule has 0 amide bonds. The molecule has 0 bridgehead atoms. The average molecular weight is 268 g/mol. The van der Waals surface area contributed by atoms with Crippen molar-refractivity contribution in [3.8, 4) is 0 Å². The van der Waals surface area contributed by atoms with Gasteiger partial charge in [-0.15, -0.1) is 28.6 Å². The van der Waals surface area contributed by atoms with Crippen LogP contribution in [-0.4, -0.2) is 18.1 Å². The topological polar surface area (TPSA) is 48.5 Å². The molecule has 0 saturated heterocycles. The molecule has 3 N–H and O–H groups in total. The maximum absolute atomic E-state index is 4.57. The van der Waals surface area contributed by atoms with Gasteiger partial charge in [-0.25, -0.2) is 0 Å². The van der Waals surface area contributed by atoms with Gasteiger partial charge in [-0.2, -0.15) is 0 Å². The van der Waals surface area contributed by atoms with Gasteiger partial charge in [0, 0.05) is 5.75 Å². The fourth-order valence-corrected chi connectivity index (χ4v) is 2.96. The predicted octanol–water partition coefficient (Wildman–Crippen LogP) is 2.50. The first-order chi connectivity index (χ1) is 8.33. The number of allylic oxidation sites excluding steroid dienone is 1. The maximum atomic E-state index is 4.57. The molecule has 1 aromatic heterocycles. The van der Waals surface area contributed by atoms with Crippen LogP contribution in [0.25, 0.3) is 0 Å². The third-order valence-corrected chi connectivity index (χ3v) is 4.26. The highest BCUT2D eigenvalue weighted by Gasteiger charge is 2.17. The lowest BCUT2D eigenvalue weighted by Gasteiger charge is -2.19. The van der Waals surface area contributed by atoms with Crippen LogP contribution >= 0.6 is 23.1 Å². The first kappa shape index (κ1) is 12.5. The second-order valence-electron chi connectivity index (χ2n) is 3.57. The standard InChI is InChI=1S/C11H16N4S2/c1-3-5-16-6-4-12-11-10-9(13-15-14-11)8(2)7-17-10/h3,5,7,13,15H,4,6H2,1-2H3,(H,12,14)/b5-3-. The monoisotopic (exact) mass is 268 g/mol. The fraction of sp³-hybridized carbons (Fsp3) is 0.364. The van der Waals surface area contributed by atoms with Gasteiger partial charge in [0.2, 0.25) is 0 Å². The Morgan fingerprint density at radius 1 is 1.47 bits per heavy atom. The van der Waals surface area contributed by atoms with Crippen LogP contribution in [0.4, 0.5) is 5.69 Å². The predicted molar refractivity (Wildman–Crippen MR) is 77.6 cm³/mol. The van der Waals surface area contributed by atoms with E-state index in [2.05, 4.69) is 39.1 Å². The first-order valence-electron chi connectivity index (χ1n) is 5.45. The van der Waals surface area contributed by atoms with Gasteiger partial charge in [0.05, 0.1) is 17.1 Å². The molecule has 17 heavy (non-hydrogen) atoms. The van der Waals surface area contributed by atoms with Gasteiger partial charge in [0.15, 0.2) is 5.84 Å². The van der Waals surface area contributed by atoms with Gasteiger partial charge in [-0.05, 0) is 30.2 Å². The number of rotatable bonds is 4. The molecule has 92 valence electrons. The largest absolute Gasteiger partial charge is 0.302 e. The molecule has 0 aliphatic carbocycles. The summed E-state index contributed by atoms with van der Waals surface area (Å²) in [5, 5.41) is 4.23. The van der Waals surface area contributed by atoms with Crippen molar-refractivity contribution in [2.24, 2.45) is 4.99 Å². The van der Waals surface area contributed by atoms with E-state index in [-0.39, 0.29) is 0 Å². The van der Waals surface area contributed by atoms with Crippen molar-refractivity contribution in [1.82, 2.24) is 11.0 Å². The highest BCUT2D eigenvalue weighted by molar-refractivity contribution is 8.02. The lowest BCUT2D eigenvalue weighted by atomic mass is 10.2. The van der Waals surface area contributed by atoms with E-state index in [9.17, 15) is 0 Å². The molecule has 1 aliphatic heterocycles. The first-order valence-corrected chi connectivity index (χ1v) is 7.38. The zero-order chi connectivity index (χ0) is 12.1. The number of nitrogens with one attached hydrogen (secondary N) is 3. The van der Waals surface area contributed by atoms with Crippen LogP contribution in [-0.2, 0) is 0 Å². The molecule has 1 aliphatic rings. The van der Waals surface area contributed by atoms with Gasteiger partial charge in [0.1, 0.15) is 0 Å². The number of thioether (sulfide) groups is 1. The van der Waals surface area contributed by atoms with E-state index in [1.165, 1.54) is 10.4 Å². The molecule has 0 fully saturated rings. The Kier molecular flexibility index (Phi) is 4.47. The summed E-state index contributed by atoms with van der Waals surface area (Å²) in [6.07, 6.45) is 2.04. The fourth-order valence-electron chi connectivity index (χ4n) is 1.47. The molecule has 0 atom stereocenters. The summed E-state index contributed by atoms with van der Waals surface area (Å²) in [7, 11) is 0. The van der Waals surface area contributed by atoms with Crippen LogP contribution in [0, 0.1) is 6.92 Å². The number of amidine groups is 1. The number of hydrogen-bond acceptors (Lipinski definition) is 5. The summed E-state index contributed by atoms with van der Waals surface area (Å²) in [6, 6.07) is 0. The van der Waals surface area contributed by atoms with E-state index < -0.39 is 0 Å². The molecule has 0 spiro atoms. The summed E-state index contributed by atoms with van der Waals surface area (Å²) in [4.78, 5) is 5.75. The van der Waals surface area contributed by atoms with Gasteiger partial charge < -0.3 is 5.43 Å². The smallest absolute Gasteiger partial charge is 0.156 e. The minimum atomic E-state index is 0.815. The van der Waals surface area contributed by atoms with Crippen LogP contribution in [0.1, 0.15) is 17.4 Å². The number of aryl methyl sites for hydroxylation is 1. The summed E-state index contributed by atoms with van der Waals surface area (Å²) >= 11 is 3.49. The van der Waals surface area contributed by atoms with Crippen LogP contribution in [0.3, 0.4) is 0 Å². The molecule has 4 nitrogen and oxygen atoms in total. The van der Waals surface area contributed by atoms with Crippen molar-refractivity contribution in [2.45, 2.75) is 13.8 Å². The molecule has 2 rings (SSSR count). The number of aliphatic imine (C=N–C) groups is 1. The average Bonchev–Trinajstić information content (AvgIpc) is 2.72. The Morgan fingerprint density at radius 2 is 2.35 bits per heavy atom. The molecule has 0 saturated carbocycles. The van der Waals surface area contributed by atoms with Crippen LogP contribution < -0.4 is 16.4 Å². The molecular formula is C11H16N4S2. The van der Waals surface area contributed by atoms with Gasteiger partial charge >= 0.3 is 0 Å². The van der Waals surface area contributed by atoms with Gasteiger partial charge in [-0.1, -0.05) is 6.08 Å². The third-order valence-electron chi connectivity index (χ3n) is 2.27. The van der Waals surface area contributed by atoms with E-state index in [0.717, 1.165) is 23.8 Å². The van der Waals surface area contributed by atoms with E-state index in [4.69, 9.17) is 0 Å². The van der Waals surface area contributed by atoms with Gasteiger partial charge in [-0.3, -0.25) is 10.4 Å². The second kappa shape index (κ2) is 6.09. The normalized spacial score (nSPS) is 16.9. The number of fused-ring (bicyclic) bond motifs is 1. The third kappa shape index (κ3) is 3.02. The van der Waals surface area contributed by atoms with Crippen molar-refractivity contribution in [2.75, 3.05) is 17.7 Å². The van der Waals surface area contributed by atoms with Crippen LogP contribution in [0.2, 0.25) is 0 Å². The highest BCUT2D eigenvalue weighted by atomic mass is 32.2. The van der Waals surface area contributed by atoms with E-state index in [1.54, 1.807) is 23.1 Å². The van der Waals surface area contributed by atoms with Gasteiger partial charge in [0.25, 0.3) is 0 Å². The lowest BCUT2D eigenvalue weighted by molar-refractivity contribution is 0.737. The van der Waals surface area contributed by atoms with Crippen LogP contribution in [0.5, 0.6) is 0 Å². The molecule has 2 heterocycles. The highest BCUT2D eigenvalue weighted by Crippen LogP contribution is 2.28. The Morgan fingerprint density at radius 3 is 3.18 bits per heavy atom. The SMILES string of the molecule is C/C=C\SCCN=C1NNNc2c(C)csc21. The maximum Gasteiger partial charge on any atom is 0.156 e. The molecule has 0 radical (unpaired) electrons. The second-order valence-corrected chi connectivity index (χ2v) is 5.46. The lowest BCUT2D eigenvalue weighted by Crippen LogP contribution is -2.46. The van der Waals surface area contributed by atoms with Crippen LogP contribution in [0.15, 0.2) is 21.9 Å². The zero-order valence-corrected chi connectivity index (χ0v) is 11.5. The van der Waals surface area contributed by atoms with E-state index >= 15 is 0 Å². The number of anilines is 1. The molecule has 0 unspecified atom stereocenters. The van der Waals surface area contributed by atoms with Crippen molar-refractivity contribution >= 4 is 34.6 Å². The number of nitrogens with zero attached hydrogens (tertiary/aromatic N) is 1. The van der Waals surface area contributed by atoms with Crippen molar-refractivity contribution in [3.05, 3.63) is 27.3 Å². The van der Waals surface area contributed by atoms with Crippen molar-refractivity contribution in [1.29, 1.82) is 0 Å². The minimum Gasteiger partial charge on any atom is -0.302 e. The quantitative estimate of drug-likeness (QED) is 0.734.